The van der Waals surface area contributed by atoms with Crippen LogP contribution in [0.25, 0.3) is 0 Å². The third kappa shape index (κ3) is 4.69. The van der Waals surface area contributed by atoms with Gasteiger partial charge in [0.1, 0.15) is 0 Å². The monoisotopic (exact) mass is 335 g/mol. The first kappa shape index (κ1) is 16.3. The number of carbonyl (C=O) groups excluding carboxylic acids is 1. The average Bonchev–Trinajstić information content (AvgIpc) is 3.08. The van der Waals surface area contributed by atoms with E-state index in [9.17, 15) is 4.79 Å². The van der Waals surface area contributed by atoms with E-state index in [0.717, 1.165) is 18.0 Å². The van der Waals surface area contributed by atoms with Crippen molar-refractivity contribution in [2.24, 2.45) is 5.92 Å². The average molecular weight is 336 g/mol. The fourth-order valence-electron chi connectivity index (χ4n) is 3.30. The van der Waals surface area contributed by atoms with E-state index in [1.54, 1.807) is 0 Å². The second-order valence-electron chi connectivity index (χ2n) is 6.29. The van der Waals surface area contributed by atoms with E-state index < -0.39 is 0 Å². The Morgan fingerprint density at radius 2 is 1.91 bits per heavy atom. The largest absolute Gasteiger partial charge is 0.326 e. The van der Waals surface area contributed by atoms with Crippen molar-refractivity contribution in [3.05, 3.63) is 29.8 Å². The number of anilines is 1. The molecule has 2 fully saturated rings. The SMILES string of the molecule is O=C(CCC1CCCC1)Nc1cccc(C2SCCCS2)c1. The van der Waals surface area contributed by atoms with Crippen LogP contribution in [0.4, 0.5) is 5.69 Å². The molecule has 1 heterocycles. The molecule has 1 saturated heterocycles. The van der Waals surface area contributed by atoms with Gasteiger partial charge in [-0.15, -0.1) is 23.5 Å². The summed E-state index contributed by atoms with van der Waals surface area (Å²) >= 11 is 4.04. The van der Waals surface area contributed by atoms with E-state index in [1.807, 2.05) is 29.6 Å². The summed E-state index contributed by atoms with van der Waals surface area (Å²) in [7, 11) is 0. The standard InChI is InChI=1S/C18H25NOS2/c20-17(10-9-14-5-1-2-6-14)19-16-8-3-7-15(13-16)18-21-11-4-12-22-18/h3,7-8,13-14,18H,1-2,4-6,9-12H2,(H,19,20). The summed E-state index contributed by atoms with van der Waals surface area (Å²) in [5.41, 5.74) is 2.30. The zero-order chi connectivity index (χ0) is 15.2. The highest BCUT2D eigenvalue weighted by Gasteiger charge is 2.18. The molecule has 0 unspecified atom stereocenters. The van der Waals surface area contributed by atoms with Crippen LogP contribution in [-0.4, -0.2) is 17.4 Å². The van der Waals surface area contributed by atoms with Crippen LogP contribution in [0.15, 0.2) is 24.3 Å². The summed E-state index contributed by atoms with van der Waals surface area (Å²) in [5, 5.41) is 3.09. The lowest BCUT2D eigenvalue weighted by Crippen LogP contribution is -2.13. The quantitative estimate of drug-likeness (QED) is 0.774. The van der Waals surface area contributed by atoms with Gasteiger partial charge in [-0.05, 0) is 48.0 Å². The van der Waals surface area contributed by atoms with Crippen LogP contribution in [0.1, 0.15) is 55.1 Å². The van der Waals surface area contributed by atoms with Crippen LogP contribution in [0.5, 0.6) is 0 Å². The molecule has 1 aromatic carbocycles. The Bertz CT molecular complexity index is 494. The van der Waals surface area contributed by atoms with Gasteiger partial charge in [0.2, 0.25) is 5.91 Å². The van der Waals surface area contributed by atoms with Crippen molar-refractivity contribution in [2.45, 2.75) is 49.5 Å². The molecule has 2 aliphatic rings. The van der Waals surface area contributed by atoms with E-state index in [4.69, 9.17) is 0 Å². The molecule has 0 bridgehead atoms. The Morgan fingerprint density at radius 3 is 2.68 bits per heavy atom. The molecule has 2 nitrogen and oxygen atoms in total. The molecule has 1 N–H and O–H groups in total. The first-order valence-electron chi connectivity index (χ1n) is 8.44. The number of benzene rings is 1. The molecule has 1 aromatic rings. The second-order valence-corrected chi connectivity index (χ2v) is 9.01. The maximum Gasteiger partial charge on any atom is 0.224 e. The van der Waals surface area contributed by atoms with Crippen molar-refractivity contribution in [1.82, 2.24) is 0 Å². The van der Waals surface area contributed by atoms with Gasteiger partial charge in [0.05, 0.1) is 4.58 Å². The molecule has 22 heavy (non-hydrogen) atoms. The minimum Gasteiger partial charge on any atom is -0.326 e. The molecular formula is C18H25NOS2. The number of hydrogen-bond donors (Lipinski definition) is 1. The number of amides is 1. The molecule has 4 heteroatoms. The summed E-state index contributed by atoms with van der Waals surface area (Å²) in [5.74, 6) is 3.45. The van der Waals surface area contributed by atoms with E-state index in [0.29, 0.717) is 11.0 Å². The van der Waals surface area contributed by atoms with Gasteiger partial charge >= 0.3 is 0 Å². The number of thioether (sulfide) groups is 2. The van der Waals surface area contributed by atoms with Gasteiger partial charge in [-0.1, -0.05) is 37.8 Å². The van der Waals surface area contributed by atoms with Gasteiger partial charge in [0, 0.05) is 12.1 Å². The Morgan fingerprint density at radius 1 is 1.14 bits per heavy atom. The molecule has 0 atom stereocenters. The lowest BCUT2D eigenvalue weighted by molar-refractivity contribution is -0.116. The maximum atomic E-state index is 12.1. The Kier molecular flexibility index (Phi) is 6.13. The molecule has 0 radical (unpaired) electrons. The topological polar surface area (TPSA) is 29.1 Å². The summed E-state index contributed by atoms with van der Waals surface area (Å²) in [4.78, 5) is 12.1. The van der Waals surface area contributed by atoms with Gasteiger partial charge in [-0.3, -0.25) is 4.79 Å². The predicted molar refractivity (Wildman–Crippen MR) is 98.5 cm³/mol. The Balaban J connectivity index is 1.51. The number of rotatable bonds is 5. The zero-order valence-electron chi connectivity index (χ0n) is 13.1. The van der Waals surface area contributed by atoms with E-state index >= 15 is 0 Å². The van der Waals surface area contributed by atoms with E-state index in [2.05, 4.69) is 23.5 Å². The molecule has 3 rings (SSSR count). The Labute approximate surface area is 142 Å². The molecule has 1 saturated carbocycles. The normalized spacial score (nSPS) is 20.2. The van der Waals surface area contributed by atoms with Crippen LogP contribution in [-0.2, 0) is 4.79 Å². The highest BCUT2D eigenvalue weighted by atomic mass is 32.2. The molecule has 120 valence electrons. The van der Waals surface area contributed by atoms with Crippen molar-refractivity contribution in [1.29, 1.82) is 0 Å². The van der Waals surface area contributed by atoms with E-state index in [-0.39, 0.29) is 5.91 Å². The van der Waals surface area contributed by atoms with Gasteiger partial charge in [-0.25, -0.2) is 0 Å². The molecule has 1 aliphatic carbocycles. The van der Waals surface area contributed by atoms with Crippen LogP contribution in [0.2, 0.25) is 0 Å². The van der Waals surface area contributed by atoms with Crippen LogP contribution in [0, 0.1) is 5.92 Å². The molecule has 0 aromatic heterocycles. The van der Waals surface area contributed by atoms with Gasteiger partial charge in [0.15, 0.2) is 0 Å². The minimum atomic E-state index is 0.174. The van der Waals surface area contributed by atoms with Crippen molar-refractivity contribution >= 4 is 35.1 Å². The van der Waals surface area contributed by atoms with Gasteiger partial charge in [-0.2, -0.15) is 0 Å². The van der Waals surface area contributed by atoms with Crippen molar-refractivity contribution < 1.29 is 4.79 Å². The Hall–Kier alpha value is -0.610. The van der Waals surface area contributed by atoms with Crippen LogP contribution >= 0.6 is 23.5 Å². The summed E-state index contributed by atoms with van der Waals surface area (Å²) < 4.78 is 0.532. The fraction of sp³-hybridized carbons (Fsp3) is 0.611. The predicted octanol–water partition coefficient (Wildman–Crippen LogP) is 5.46. The van der Waals surface area contributed by atoms with Crippen LogP contribution < -0.4 is 5.32 Å². The fourth-order valence-corrected chi connectivity index (χ4v) is 6.17. The number of hydrogen-bond acceptors (Lipinski definition) is 3. The second kappa shape index (κ2) is 8.30. The number of carbonyl (C=O) groups is 1. The lowest BCUT2D eigenvalue weighted by atomic mass is 10.0. The smallest absolute Gasteiger partial charge is 0.224 e. The van der Waals surface area contributed by atoms with Crippen molar-refractivity contribution in [3.63, 3.8) is 0 Å². The first-order valence-corrected chi connectivity index (χ1v) is 10.5. The third-order valence-electron chi connectivity index (χ3n) is 4.52. The molecule has 0 spiro atoms. The molecule has 1 amide bonds. The van der Waals surface area contributed by atoms with Gasteiger partial charge in [0.25, 0.3) is 0 Å². The van der Waals surface area contributed by atoms with Crippen LogP contribution in [0.3, 0.4) is 0 Å². The minimum absolute atomic E-state index is 0.174. The molecule has 1 aliphatic heterocycles. The van der Waals surface area contributed by atoms with E-state index in [1.165, 1.54) is 49.2 Å². The van der Waals surface area contributed by atoms with Gasteiger partial charge < -0.3 is 5.32 Å². The maximum absolute atomic E-state index is 12.1. The highest BCUT2D eigenvalue weighted by Crippen LogP contribution is 2.44. The summed E-state index contributed by atoms with van der Waals surface area (Å²) in [6.07, 6.45) is 8.37. The third-order valence-corrected chi connectivity index (χ3v) is 7.54. The highest BCUT2D eigenvalue weighted by molar-refractivity contribution is 8.16. The first-order chi connectivity index (χ1) is 10.8. The lowest BCUT2D eigenvalue weighted by Gasteiger charge is -2.21. The summed E-state index contributed by atoms with van der Waals surface area (Å²) in [6, 6.07) is 8.42. The zero-order valence-corrected chi connectivity index (χ0v) is 14.7. The molecular weight excluding hydrogens is 310 g/mol. The number of nitrogens with one attached hydrogen (secondary N) is 1. The summed E-state index contributed by atoms with van der Waals surface area (Å²) in [6.45, 7) is 0. The van der Waals surface area contributed by atoms with Crippen molar-refractivity contribution in [3.8, 4) is 0 Å². The van der Waals surface area contributed by atoms with Crippen molar-refractivity contribution in [2.75, 3.05) is 16.8 Å².